The van der Waals surface area contributed by atoms with E-state index < -0.39 is 15.8 Å². The summed E-state index contributed by atoms with van der Waals surface area (Å²) in [7, 11) is -3.99. The van der Waals surface area contributed by atoms with Crippen LogP contribution >= 0.6 is 0 Å². The van der Waals surface area contributed by atoms with Crippen molar-refractivity contribution < 1.29 is 22.0 Å². The molecule has 1 heterocycles. The fraction of sp³-hybridized carbons (Fsp3) is 0.150. The highest BCUT2D eigenvalue weighted by Crippen LogP contribution is 2.20. The van der Waals surface area contributed by atoms with Crippen LogP contribution in [0.25, 0.3) is 0 Å². The fourth-order valence-electron chi connectivity index (χ4n) is 2.57. The smallest absolute Gasteiger partial charge is 0.261 e. The molecule has 0 aliphatic heterocycles. The van der Waals surface area contributed by atoms with Crippen molar-refractivity contribution in [3.63, 3.8) is 0 Å². The van der Waals surface area contributed by atoms with E-state index in [4.69, 9.17) is 4.42 Å². The van der Waals surface area contributed by atoms with Gasteiger partial charge in [-0.3, -0.25) is 9.52 Å². The third-order valence-corrected chi connectivity index (χ3v) is 5.53. The molecule has 0 spiro atoms. The summed E-state index contributed by atoms with van der Waals surface area (Å²) in [5.74, 6) is -0.388. The van der Waals surface area contributed by atoms with E-state index in [9.17, 15) is 17.6 Å². The lowest BCUT2D eigenvalue weighted by Crippen LogP contribution is -2.26. The van der Waals surface area contributed by atoms with E-state index in [0.717, 1.165) is 6.07 Å². The molecule has 1 aromatic heterocycles. The van der Waals surface area contributed by atoms with Gasteiger partial charge in [-0.2, -0.15) is 0 Å². The minimum atomic E-state index is -3.99. The zero-order chi connectivity index (χ0) is 20.3. The van der Waals surface area contributed by atoms with Crippen molar-refractivity contribution >= 4 is 21.6 Å². The van der Waals surface area contributed by atoms with Crippen molar-refractivity contribution in [2.75, 3.05) is 4.72 Å². The van der Waals surface area contributed by atoms with E-state index in [1.807, 2.05) is 0 Å². The van der Waals surface area contributed by atoms with Crippen LogP contribution in [0.5, 0.6) is 0 Å². The van der Waals surface area contributed by atoms with E-state index in [2.05, 4.69) is 10.0 Å². The van der Waals surface area contributed by atoms with E-state index >= 15 is 0 Å². The standard InChI is InChI=1S/C20H19FN2O4S/c1-13-8-9-17(12-18(13)21)28(25,26)23-16-6-3-5-15(11-16)20(24)22-14(2)19-7-4-10-27-19/h3-12,14,23H,1-2H3,(H,22,24)/t14-/m0/s1. The number of amides is 1. The number of nitrogens with one attached hydrogen (secondary N) is 2. The Bertz CT molecular complexity index is 1100. The number of benzene rings is 2. The zero-order valence-electron chi connectivity index (χ0n) is 15.3. The molecule has 0 saturated heterocycles. The molecule has 0 fully saturated rings. The first-order valence-electron chi connectivity index (χ1n) is 8.49. The summed E-state index contributed by atoms with van der Waals surface area (Å²) >= 11 is 0. The Hall–Kier alpha value is -3.13. The number of hydrogen-bond donors (Lipinski definition) is 2. The van der Waals surface area contributed by atoms with Gasteiger partial charge in [0.05, 0.1) is 17.2 Å². The van der Waals surface area contributed by atoms with Crippen LogP contribution in [0.3, 0.4) is 0 Å². The first kappa shape index (κ1) is 19.6. The summed E-state index contributed by atoms with van der Waals surface area (Å²) in [6.45, 7) is 3.32. The van der Waals surface area contributed by atoms with Gasteiger partial charge >= 0.3 is 0 Å². The van der Waals surface area contributed by atoms with E-state index in [0.29, 0.717) is 11.3 Å². The van der Waals surface area contributed by atoms with Crippen LogP contribution in [0, 0.1) is 12.7 Å². The highest BCUT2D eigenvalue weighted by molar-refractivity contribution is 7.92. The average molecular weight is 402 g/mol. The van der Waals surface area contributed by atoms with Gasteiger partial charge in [0.25, 0.3) is 15.9 Å². The lowest BCUT2D eigenvalue weighted by atomic mass is 10.1. The van der Waals surface area contributed by atoms with Crippen molar-refractivity contribution in [1.29, 1.82) is 0 Å². The van der Waals surface area contributed by atoms with Crippen molar-refractivity contribution in [1.82, 2.24) is 5.32 Å². The van der Waals surface area contributed by atoms with Gasteiger partial charge in [0, 0.05) is 11.3 Å². The predicted octanol–water partition coefficient (Wildman–Crippen LogP) is 4.02. The Balaban J connectivity index is 1.77. The number of rotatable bonds is 6. The molecule has 3 rings (SSSR count). The van der Waals surface area contributed by atoms with Gasteiger partial charge in [-0.15, -0.1) is 0 Å². The summed E-state index contributed by atoms with van der Waals surface area (Å²) in [5, 5.41) is 2.77. The lowest BCUT2D eigenvalue weighted by molar-refractivity contribution is 0.0935. The van der Waals surface area contributed by atoms with Crippen molar-refractivity contribution in [2.24, 2.45) is 0 Å². The molecule has 146 valence electrons. The molecule has 2 aromatic carbocycles. The molecular formula is C20H19FN2O4S. The predicted molar refractivity (Wildman–Crippen MR) is 103 cm³/mol. The molecule has 0 saturated carbocycles. The second kappa shape index (κ2) is 7.85. The van der Waals surface area contributed by atoms with Crippen LogP contribution in [0.4, 0.5) is 10.1 Å². The van der Waals surface area contributed by atoms with Gasteiger partial charge in [-0.25, -0.2) is 12.8 Å². The van der Waals surface area contributed by atoms with Crippen molar-refractivity contribution in [3.05, 3.63) is 83.6 Å². The van der Waals surface area contributed by atoms with Gasteiger partial charge in [0.1, 0.15) is 11.6 Å². The number of carbonyl (C=O) groups is 1. The molecule has 0 aliphatic carbocycles. The molecule has 2 N–H and O–H groups in total. The van der Waals surface area contributed by atoms with Crippen LogP contribution < -0.4 is 10.0 Å². The van der Waals surface area contributed by atoms with E-state index in [1.54, 1.807) is 38.1 Å². The van der Waals surface area contributed by atoms with Gasteiger partial charge in [0.2, 0.25) is 0 Å². The molecule has 0 unspecified atom stereocenters. The second-order valence-corrected chi connectivity index (χ2v) is 7.99. The number of carbonyl (C=O) groups excluding carboxylic acids is 1. The maximum atomic E-state index is 13.7. The van der Waals surface area contributed by atoms with Crippen LogP contribution in [-0.2, 0) is 10.0 Å². The molecule has 1 amide bonds. The van der Waals surface area contributed by atoms with Crippen LogP contribution in [-0.4, -0.2) is 14.3 Å². The molecule has 0 bridgehead atoms. The Morgan fingerprint density at radius 3 is 2.57 bits per heavy atom. The molecule has 28 heavy (non-hydrogen) atoms. The molecule has 1 atom stereocenters. The number of hydrogen-bond acceptors (Lipinski definition) is 4. The van der Waals surface area contributed by atoms with Gasteiger partial charge in [-0.1, -0.05) is 12.1 Å². The Morgan fingerprint density at radius 1 is 1.11 bits per heavy atom. The van der Waals surface area contributed by atoms with Gasteiger partial charge in [0.15, 0.2) is 0 Å². The summed E-state index contributed by atoms with van der Waals surface area (Å²) in [5.41, 5.74) is 0.816. The summed E-state index contributed by atoms with van der Waals surface area (Å²) in [6, 6.07) is 12.8. The Labute approximate surface area is 162 Å². The molecule has 8 heteroatoms. The molecule has 0 aliphatic rings. The zero-order valence-corrected chi connectivity index (χ0v) is 16.1. The Morgan fingerprint density at radius 2 is 1.89 bits per heavy atom. The first-order chi connectivity index (χ1) is 13.3. The normalized spacial score (nSPS) is 12.4. The van der Waals surface area contributed by atoms with Crippen molar-refractivity contribution in [2.45, 2.75) is 24.8 Å². The average Bonchev–Trinajstić information content (AvgIpc) is 3.18. The number of halogens is 1. The maximum Gasteiger partial charge on any atom is 0.261 e. The maximum absolute atomic E-state index is 13.7. The number of aryl methyl sites for hydroxylation is 1. The molecule has 0 radical (unpaired) electrons. The number of sulfonamides is 1. The topological polar surface area (TPSA) is 88.4 Å². The van der Waals surface area contributed by atoms with Gasteiger partial charge < -0.3 is 9.73 Å². The summed E-state index contributed by atoms with van der Waals surface area (Å²) in [4.78, 5) is 12.2. The number of anilines is 1. The number of furan rings is 1. The lowest BCUT2D eigenvalue weighted by Gasteiger charge is -2.13. The largest absolute Gasteiger partial charge is 0.467 e. The minimum Gasteiger partial charge on any atom is -0.467 e. The van der Waals surface area contributed by atoms with E-state index in [1.165, 1.54) is 30.5 Å². The molecule has 3 aromatic rings. The fourth-order valence-corrected chi connectivity index (χ4v) is 3.63. The highest BCUT2D eigenvalue weighted by atomic mass is 32.2. The van der Waals surface area contributed by atoms with Crippen LogP contribution in [0.2, 0.25) is 0 Å². The third-order valence-electron chi connectivity index (χ3n) is 4.15. The van der Waals surface area contributed by atoms with Gasteiger partial charge in [-0.05, 0) is 61.9 Å². The monoisotopic (exact) mass is 402 g/mol. The third kappa shape index (κ3) is 4.40. The van der Waals surface area contributed by atoms with Crippen molar-refractivity contribution in [3.8, 4) is 0 Å². The first-order valence-corrected chi connectivity index (χ1v) is 9.98. The Kier molecular flexibility index (Phi) is 5.51. The quantitative estimate of drug-likeness (QED) is 0.652. The highest BCUT2D eigenvalue weighted by Gasteiger charge is 2.18. The molecular weight excluding hydrogens is 383 g/mol. The minimum absolute atomic E-state index is 0.194. The second-order valence-electron chi connectivity index (χ2n) is 6.31. The van der Waals surface area contributed by atoms with E-state index in [-0.39, 0.29) is 28.1 Å². The van der Waals surface area contributed by atoms with Crippen LogP contribution in [0.1, 0.15) is 34.6 Å². The summed E-state index contributed by atoms with van der Waals surface area (Å²) in [6.07, 6.45) is 1.52. The SMILES string of the molecule is Cc1ccc(S(=O)(=O)Nc2cccc(C(=O)N[C@@H](C)c3ccco3)c2)cc1F. The molecule has 6 nitrogen and oxygen atoms in total. The van der Waals surface area contributed by atoms with Crippen LogP contribution in [0.15, 0.2) is 70.2 Å². The summed E-state index contributed by atoms with van der Waals surface area (Å²) < 4.78 is 46.3.